The zero-order chi connectivity index (χ0) is 22.8. The molecular weight excluding hydrogens is 384 g/mol. The summed E-state index contributed by atoms with van der Waals surface area (Å²) in [5, 5.41) is 0. The van der Waals surface area contributed by atoms with Crippen LogP contribution in [0.25, 0.3) is 0 Å². The number of unbranched alkanes of at least 4 members (excludes halogenated alkanes) is 6. The van der Waals surface area contributed by atoms with E-state index in [-0.39, 0.29) is 24.9 Å². The van der Waals surface area contributed by atoms with Crippen LogP contribution in [0.5, 0.6) is 0 Å². The summed E-state index contributed by atoms with van der Waals surface area (Å²) in [6.07, 6.45) is 9.00. The van der Waals surface area contributed by atoms with E-state index >= 15 is 0 Å². The Bertz CT molecular complexity index is 500. The van der Waals surface area contributed by atoms with Crippen molar-refractivity contribution in [3.8, 4) is 0 Å². The Morgan fingerprint density at radius 1 is 0.867 bits per heavy atom. The molecule has 174 valence electrons. The van der Waals surface area contributed by atoms with E-state index in [4.69, 9.17) is 14.2 Å². The number of carbonyl (C=O) groups is 3. The quantitative estimate of drug-likeness (QED) is 0.127. The van der Waals surface area contributed by atoms with Gasteiger partial charge in [-0.3, -0.25) is 4.79 Å². The molecule has 0 saturated heterocycles. The van der Waals surface area contributed by atoms with E-state index in [1.165, 1.54) is 25.7 Å². The van der Waals surface area contributed by atoms with E-state index in [2.05, 4.69) is 13.5 Å². The lowest BCUT2D eigenvalue weighted by atomic mass is 9.96. The highest BCUT2D eigenvalue weighted by molar-refractivity contribution is 5.85. The molecule has 0 fully saturated rings. The molecule has 0 amide bonds. The molecule has 0 radical (unpaired) electrons. The normalized spacial score (nSPS) is 12.8. The second-order valence-electron chi connectivity index (χ2n) is 8.16. The largest absolute Gasteiger partial charge is 0.465 e. The van der Waals surface area contributed by atoms with Gasteiger partial charge in [0.15, 0.2) is 6.10 Å². The molecule has 0 aliphatic carbocycles. The Kier molecular flexibility index (Phi) is 16.9. The third-order valence-electron chi connectivity index (χ3n) is 4.71. The maximum Gasteiger partial charge on any atom is 0.347 e. The van der Waals surface area contributed by atoms with Crippen molar-refractivity contribution >= 4 is 17.9 Å². The van der Waals surface area contributed by atoms with E-state index < -0.39 is 24.0 Å². The van der Waals surface area contributed by atoms with Gasteiger partial charge in [0.05, 0.1) is 19.1 Å². The van der Waals surface area contributed by atoms with Gasteiger partial charge < -0.3 is 14.2 Å². The van der Waals surface area contributed by atoms with Gasteiger partial charge in [-0.05, 0) is 18.8 Å². The Hall–Kier alpha value is -1.85. The van der Waals surface area contributed by atoms with Crippen molar-refractivity contribution in [1.82, 2.24) is 0 Å². The van der Waals surface area contributed by atoms with Crippen LogP contribution in [0.15, 0.2) is 12.7 Å². The van der Waals surface area contributed by atoms with E-state index in [1.807, 2.05) is 20.8 Å². The molecule has 6 heteroatoms. The standard InChI is InChI=1S/C24H42O6/c1-6-9-10-11-12-13-14-16-28-24(27)21(30-22(25)8-3)17-20(15-7-2)23(26)29-18-19(4)5/h8,19-21H,3,6-7,9-18H2,1-2,4-5H3. The van der Waals surface area contributed by atoms with Gasteiger partial charge in [0.25, 0.3) is 0 Å². The molecule has 0 bridgehead atoms. The Morgan fingerprint density at radius 3 is 2.07 bits per heavy atom. The fraction of sp³-hybridized carbons (Fsp3) is 0.792. The first-order valence-electron chi connectivity index (χ1n) is 11.5. The highest BCUT2D eigenvalue weighted by Gasteiger charge is 2.31. The van der Waals surface area contributed by atoms with Crippen LogP contribution in [0.1, 0.15) is 91.9 Å². The molecule has 0 aromatic heterocycles. The van der Waals surface area contributed by atoms with Crippen molar-refractivity contribution in [3.05, 3.63) is 12.7 Å². The lowest BCUT2D eigenvalue weighted by Gasteiger charge is -2.21. The van der Waals surface area contributed by atoms with Crippen LogP contribution in [0.4, 0.5) is 0 Å². The maximum absolute atomic E-state index is 12.5. The van der Waals surface area contributed by atoms with Gasteiger partial charge >= 0.3 is 17.9 Å². The Morgan fingerprint density at radius 2 is 1.50 bits per heavy atom. The molecule has 0 aliphatic rings. The number of ether oxygens (including phenoxy) is 3. The summed E-state index contributed by atoms with van der Waals surface area (Å²) in [6, 6.07) is 0. The number of rotatable bonds is 18. The van der Waals surface area contributed by atoms with E-state index in [0.717, 1.165) is 31.8 Å². The van der Waals surface area contributed by atoms with Crippen LogP contribution in [0, 0.1) is 11.8 Å². The lowest BCUT2D eigenvalue weighted by molar-refractivity contribution is -0.168. The highest BCUT2D eigenvalue weighted by atomic mass is 16.6. The molecule has 2 unspecified atom stereocenters. The first-order valence-corrected chi connectivity index (χ1v) is 11.5. The van der Waals surface area contributed by atoms with Gasteiger partial charge in [-0.1, -0.05) is 79.2 Å². The molecule has 0 saturated carbocycles. The fourth-order valence-electron chi connectivity index (χ4n) is 3.01. The van der Waals surface area contributed by atoms with Gasteiger partial charge in [-0.25, -0.2) is 9.59 Å². The average Bonchev–Trinajstić information content (AvgIpc) is 2.72. The fourth-order valence-corrected chi connectivity index (χ4v) is 3.01. The van der Waals surface area contributed by atoms with Crippen molar-refractivity contribution < 1.29 is 28.6 Å². The van der Waals surface area contributed by atoms with E-state index in [0.29, 0.717) is 13.0 Å². The molecule has 0 rings (SSSR count). The predicted molar refractivity (Wildman–Crippen MR) is 118 cm³/mol. The number of hydrogen-bond donors (Lipinski definition) is 0. The van der Waals surface area contributed by atoms with Gasteiger partial charge in [-0.15, -0.1) is 0 Å². The van der Waals surface area contributed by atoms with Crippen molar-refractivity contribution in [3.63, 3.8) is 0 Å². The van der Waals surface area contributed by atoms with Crippen molar-refractivity contribution in [1.29, 1.82) is 0 Å². The Labute approximate surface area is 182 Å². The molecule has 30 heavy (non-hydrogen) atoms. The van der Waals surface area contributed by atoms with E-state index in [9.17, 15) is 14.4 Å². The second kappa shape index (κ2) is 18.0. The molecule has 0 N–H and O–H groups in total. The summed E-state index contributed by atoms with van der Waals surface area (Å²) < 4.78 is 15.9. The molecule has 6 nitrogen and oxygen atoms in total. The Balaban J connectivity index is 4.69. The van der Waals surface area contributed by atoms with Crippen LogP contribution >= 0.6 is 0 Å². The molecule has 0 aromatic rings. The molecule has 0 aromatic carbocycles. The molecule has 0 spiro atoms. The summed E-state index contributed by atoms with van der Waals surface area (Å²) in [4.78, 5) is 36.6. The van der Waals surface area contributed by atoms with Crippen LogP contribution in [-0.2, 0) is 28.6 Å². The lowest BCUT2D eigenvalue weighted by Crippen LogP contribution is -2.34. The van der Waals surface area contributed by atoms with Gasteiger partial charge in [-0.2, -0.15) is 0 Å². The monoisotopic (exact) mass is 426 g/mol. The van der Waals surface area contributed by atoms with Crippen molar-refractivity contribution in [2.75, 3.05) is 13.2 Å². The molecule has 2 atom stereocenters. The van der Waals surface area contributed by atoms with Crippen molar-refractivity contribution in [2.45, 2.75) is 98.0 Å². The predicted octanol–water partition coefficient (Wildman–Crippen LogP) is 5.38. The van der Waals surface area contributed by atoms with Gasteiger partial charge in [0, 0.05) is 12.5 Å². The summed E-state index contributed by atoms with van der Waals surface area (Å²) in [7, 11) is 0. The third-order valence-corrected chi connectivity index (χ3v) is 4.71. The molecule has 0 aliphatic heterocycles. The zero-order valence-corrected chi connectivity index (χ0v) is 19.5. The topological polar surface area (TPSA) is 78.9 Å². The zero-order valence-electron chi connectivity index (χ0n) is 19.5. The minimum absolute atomic E-state index is 0.0558. The van der Waals surface area contributed by atoms with Crippen LogP contribution in [0.3, 0.4) is 0 Å². The summed E-state index contributed by atoms with van der Waals surface area (Å²) in [6.45, 7) is 12.0. The van der Waals surface area contributed by atoms with Gasteiger partial charge in [0.2, 0.25) is 0 Å². The molecule has 0 heterocycles. The first-order chi connectivity index (χ1) is 14.3. The maximum atomic E-state index is 12.5. The van der Waals surface area contributed by atoms with Crippen LogP contribution < -0.4 is 0 Å². The smallest absolute Gasteiger partial charge is 0.347 e. The SMILES string of the molecule is C=CC(=O)OC(CC(CCC)C(=O)OCC(C)C)C(=O)OCCCCCCCCC. The minimum atomic E-state index is -1.14. The number of esters is 3. The van der Waals surface area contributed by atoms with Gasteiger partial charge in [0.1, 0.15) is 0 Å². The summed E-state index contributed by atoms with van der Waals surface area (Å²) in [5.41, 5.74) is 0. The summed E-state index contributed by atoms with van der Waals surface area (Å²) >= 11 is 0. The van der Waals surface area contributed by atoms with Crippen LogP contribution in [-0.4, -0.2) is 37.2 Å². The third kappa shape index (κ3) is 14.2. The van der Waals surface area contributed by atoms with Crippen molar-refractivity contribution in [2.24, 2.45) is 11.8 Å². The summed E-state index contributed by atoms with van der Waals surface area (Å²) in [5.74, 6) is -2.00. The minimum Gasteiger partial charge on any atom is -0.465 e. The second-order valence-corrected chi connectivity index (χ2v) is 8.16. The average molecular weight is 427 g/mol. The molecular formula is C24H42O6. The first kappa shape index (κ1) is 28.1. The number of hydrogen-bond acceptors (Lipinski definition) is 6. The number of carbonyl (C=O) groups excluding carboxylic acids is 3. The van der Waals surface area contributed by atoms with Crippen LogP contribution in [0.2, 0.25) is 0 Å². The van der Waals surface area contributed by atoms with E-state index in [1.54, 1.807) is 0 Å². The highest BCUT2D eigenvalue weighted by Crippen LogP contribution is 2.20.